The lowest BCUT2D eigenvalue weighted by molar-refractivity contribution is 0.0783. The second-order valence-corrected chi connectivity index (χ2v) is 7.01. The summed E-state index contributed by atoms with van der Waals surface area (Å²) < 4.78 is 0. The molecule has 0 spiro atoms. The highest BCUT2D eigenvalue weighted by atomic mass is 35.5. The van der Waals surface area contributed by atoms with E-state index in [2.05, 4.69) is 4.98 Å². The summed E-state index contributed by atoms with van der Waals surface area (Å²) in [6.45, 7) is 2.08. The monoisotopic (exact) mass is 355 g/mol. The van der Waals surface area contributed by atoms with E-state index in [1.807, 2.05) is 11.0 Å². The van der Waals surface area contributed by atoms with Gasteiger partial charge >= 0.3 is 0 Å². The Morgan fingerprint density at radius 2 is 2.27 bits per heavy atom. The van der Waals surface area contributed by atoms with Gasteiger partial charge in [0.1, 0.15) is 10.7 Å². The Morgan fingerprint density at radius 1 is 1.45 bits per heavy atom. The first-order valence-corrected chi connectivity index (χ1v) is 8.62. The van der Waals surface area contributed by atoms with Crippen LogP contribution in [0, 0.1) is 5.92 Å². The van der Waals surface area contributed by atoms with Gasteiger partial charge in [-0.15, -0.1) is 11.3 Å². The van der Waals surface area contributed by atoms with Crippen molar-refractivity contribution in [3.05, 3.63) is 39.3 Å². The number of carbonyl (C=O) groups is 1. The Labute approximate surface area is 142 Å². The Hall–Kier alpha value is -1.14. The zero-order valence-electron chi connectivity index (χ0n) is 11.8. The Balaban J connectivity index is 1.80. The molecule has 2 heterocycles. The molecule has 1 aromatic heterocycles. The predicted octanol–water partition coefficient (Wildman–Crippen LogP) is 3.54. The van der Waals surface area contributed by atoms with E-state index in [1.54, 1.807) is 17.5 Å². The van der Waals surface area contributed by atoms with E-state index in [1.165, 1.54) is 11.3 Å². The van der Waals surface area contributed by atoms with Crippen LogP contribution < -0.4 is 5.73 Å². The lowest BCUT2D eigenvalue weighted by atomic mass is 10.1. The smallest absolute Gasteiger partial charge is 0.273 e. The number of rotatable bonds is 3. The van der Waals surface area contributed by atoms with Gasteiger partial charge in [-0.3, -0.25) is 4.79 Å². The molecule has 0 unspecified atom stereocenters. The SMILES string of the molecule is NC[C@@H]1CCN(C(=O)c2csc(-c3ccc(Cl)cc3Cl)n2)C1. The molecule has 7 heteroatoms. The van der Waals surface area contributed by atoms with Crippen LogP contribution in [-0.4, -0.2) is 35.4 Å². The summed E-state index contributed by atoms with van der Waals surface area (Å²) >= 11 is 13.5. The second-order valence-electron chi connectivity index (χ2n) is 5.30. The van der Waals surface area contributed by atoms with E-state index < -0.39 is 0 Å². The molecular weight excluding hydrogens is 341 g/mol. The van der Waals surface area contributed by atoms with Gasteiger partial charge in [0.15, 0.2) is 0 Å². The van der Waals surface area contributed by atoms with E-state index in [9.17, 15) is 4.79 Å². The van der Waals surface area contributed by atoms with Gasteiger partial charge in [-0.2, -0.15) is 0 Å². The lowest BCUT2D eigenvalue weighted by Gasteiger charge is -2.14. The van der Waals surface area contributed by atoms with Crippen LogP contribution in [0.25, 0.3) is 10.6 Å². The van der Waals surface area contributed by atoms with Gasteiger partial charge < -0.3 is 10.6 Å². The third-order valence-electron chi connectivity index (χ3n) is 3.79. The molecule has 0 radical (unpaired) electrons. The first-order chi connectivity index (χ1) is 10.6. The highest BCUT2D eigenvalue weighted by molar-refractivity contribution is 7.13. The summed E-state index contributed by atoms with van der Waals surface area (Å²) in [5, 5.41) is 3.61. The average Bonchev–Trinajstić information content (AvgIpc) is 3.16. The number of nitrogens with zero attached hydrogens (tertiary/aromatic N) is 2. The van der Waals surface area contributed by atoms with Gasteiger partial charge in [0.05, 0.1) is 5.02 Å². The number of thiazole rings is 1. The van der Waals surface area contributed by atoms with E-state index >= 15 is 0 Å². The fourth-order valence-electron chi connectivity index (χ4n) is 2.53. The van der Waals surface area contributed by atoms with Crippen LogP contribution in [0.4, 0.5) is 0 Å². The van der Waals surface area contributed by atoms with Crippen molar-refractivity contribution in [3.63, 3.8) is 0 Å². The van der Waals surface area contributed by atoms with E-state index in [0.29, 0.717) is 34.7 Å². The van der Waals surface area contributed by atoms with Crippen molar-refractivity contribution < 1.29 is 4.79 Å². The molecule has 0 bridgehead atoms. The normalized spacial score (nSPS) is 18.0. The number of hydrogen-bond acceptors (Lipinski definition) is 4. The summed E-state index contributed by atoms with van der Waals surface area (Å²) in [7, 11) is 0. The van der Waals surface area contributed by atoms with Gasteiger partial charge in [-0.25, -0.2) is 4.98 Å². The van der Waals surface area contributed by atoms with Crippen LogP contribution in [0.15, 0.2) is 23.6 Å². The maximum Gasteiger partial charge on any atom is 0.273 e. The van der Waals surface area contributed by atoms with Gasteiger partial charge in [-0.05, 0) is 37.1 Å². The third kappa shape index (κ3) is 3.13. The molecule has 22 heavy (non-hydrogen) atoms. The molecule has 1 atom stereocenters. The number of amides is 1. The van der Waals surface area contributed by atoms with E-state index in [0.717, 1.165) is 23.5 Å². The molecule has 1 saturated heterocycles. The topological polar surface area (TPSA) is 59.2 Å². The minimum atomic E-state index is -0.0384. The number of benzene rings is 1. The van der Waals surface area contributed by atoms with Crippen LogP contribution in [0.1, 0.15) is 16.9 Å². The van der Waals surface area contributed by atoms with Crippen LogP contribution in [0.5, 0.6) is 0 Å². The molecule has 2 aromatic rings. The summed E-state index contributed by atoms with van der Waals surface area (Å²) in [6.07, 6.45) is 0.961. The van der Waals surface area contributed by atoms with Crippen LogP contribution in [0.3, 0.4) is 0 Å². The molecule has 1 aliphatic rings. The number of hydrogen-bond donors (Lipinski definition) is 1. The van der Waals surface area contributed by atoms with Crippen molar-refractivity contribution in [1.82, 2.24) is 9.88 Å². The number of halogens is 2. The van der Waals surface area contributed by atoms with Gasteiger partial charge in [0.25, 0.3) is 5.91 Å². The molecule has 0 aliphatic carbocycles. The molecule has 116 valence electrons. The van der Waals surface area contributed by atoms with Gasteiger partial charge in [0.2, 0.25) is 0 Å². The molecular formula is C15H15Cl2N3OS. The van der Waals surface area contributed by atoms with Gasteiger partial charge in [0, 0.05) is 29.1 Å². The van der Waals surface area contributed by atoms with Crippen molar-refractivity contribution in [2.24, 2.45) is 11.7 Å². The first-order valence-electron chi connectivity index (χ1n) is 6.98. The van der Waals surface area contributed by atoms with Gasteiger partial charge in [-0.1, -0.05) is 23.2 Å². The van der Waals surface area contributed by atoms with Crippen LogP contribution in [-0.2, 0) is 0 Å². The second kappa shape index (κ2) is 6.54. The van der Waals surface area contributed by atoms with Crippen molar-refractivity contribution in [1.29, 1.82) is 0 Å². The van der Waals surface area contributed by atoms with Crippen molar-refractivity contribution in [2.75, 3.05) is 19.6 Å². The Kier molecular flexibility index (Phi) is 4.68. The number of carbonyl (C=O) groups excluding carboxylic acids is 1. The quantitative estimate of drug-likeness (QED) is 0.915. The highest BCUT2D eigenvalue weighted by Gasteiger charge is 2.27. The minimum Gasteiger partial charge on any atom is -0.337 e. The number of nitrogens with two attached hydrogens (primary N) is 1. The molecule has 1 aliphatic heterocycles. The van der Waals surface area contributed by atoms with E-state index in [4.69, 9.17) is 28.9 Å². The zero-order chi connectivity index (χ0) is 15.7. The number of aromatic nitrogens is 1. The predicted molar refractivity (Wildman–Crippen MR) is 90.6 cm³/mol. The van der Waals surface area contributed by atoms with E-state index in [-0.39, 0.29) is 5.91 Å². The lowest BCUT2D eigenvalue weighted by Crippen LogP contribution is -2.30. The highest BCUT2D eigenvalue weighted by Crippen LogP contribution is 2.32. The maximum atomic E-state index is 12.5. The van der Waals surface area contributed by atoms with Crippen molar-refractivity contribution in [2.45, 2.75) is 6.42 Å². The zero-order valence-corrected chi connectivity index (χ0v) is 14.1. The summed E-state index contributed by atoms with van der Waals surface area (Å²) in [6, 6.07) is 5.25. The van der Waals surface area contributed by atoms with Crippen molar-refractivity contribution >= 4 is 40.4 Å². The maximum absolute atomic E-state index is 12.5. The molecule has 1 fully saturated rings. The van der Waals surface area contributed by atoms with Crippen molar-refractivity contribution in [3.8, 4) is 10.6 Å². The summed E-state index contributed by atoms with van der Waals surface area (Å²) in [4.78, 5) is 18.7. The fourth-order valence-corrected chi connectivity index (χ4v) is 3.92. The first kappa shape index (κ1) is 15.7. The number of likely N-dealkylation sites (tertiary alicyclic amines) is 1. The van der Waals surface area contributed by atoms with Crippen LogP contribution >= 0.6 is 34.5 Å². The molecule has 1 aromatic carbocycles. The minimum absolute atomic E-state index is 0.0384. The standard InChI is InChI=1S/C15H15Cl2N3OS/c16-10-1-2-11(12(17)5-10)14-19-13(8-22-14)15(21)20-4-3-9(6-18)7-20/h1-2,5,8-9H,3-4,6-7,18H2/t9-/m0/s1. The molecule has 3 rings (SSSR count). The third-order valence-corrected chi connectivity index (χ3v) is 5.21. The fraction of sp³-hybridized carbons (Fsp3) is 0.333. The Morgan fingerprint density at radius 3 is 2.95 bits per heavy atom. The molecule has 0 saturated carbocycles. The molecule has 2 N–H and O–H groups in total. The molecule has 1 amide bonds. The average molecular weight is 356 g/mol. The largest absolute Gasteiger partial charge is 0.337 e. The van der Waals surface area contributed by atoms with Crippen LogP contribution in [0.2, 0.25) is 10.0 Å². The Bertz CT molecular complexity index is 704. The molecule has 4 nitrogen and oxygen atoms in total. The summed E-state index contributed by atoms with van der Waals surface area (Å²) in [5.74, 6) is 0.358. The summed E-state index contributed by atoms with van der Waals surface area (Å²) in [5.41, 5.74) is 6.92.